The zero-order valence-corrected chi connectivity index (χ0v) is 30.3. The molecular formula is C54H37N. The Morgan fingerprint density at radius 2 is 0.782 bits per heavy atom. The number of para-hydroxylation sites is 1. The molecule has 0 atom stereocenters. The van der Waals surface area contributed by atoms with E-state index in [0.717, 1.165) is 22.6 Å². The zero-order chi connectivity index (χ0) is 36.6. The van der Waals surface area contributed by atoms with Gasteiger partial charge in [0.25, 0.3) is 0 Å². The summed E-state index contributed by atoms with van der Waals surface area (Å²) in [4.78, 5) is 2.46. The van der Waals surface area contributed by atoms with Gasteiger partial charge in [0.1, 0.15) is 0 Å². The van der Waals surface area contributed by atoms with Gasteiger partial charge in [-0.1, -0.05) is 188 Å². The van der Waals surface area contributed by atoms with Crippen LogP contribution in [0.4, 0.5) is 17.1 Å². The Morgan fingerprint density at radius 1 is 0.236 bits per heavy atom. The van der Waals surface area contributed by atoms with Crippen molar-refractivity contribution in [2.75, 3.05) is 4.90 Å². The van der Waals surface area contributed by atoms with Gasteiger partial charge in [-0.05, 0) is 102 Å². The summed E-state index contributed by atoms with van der Waals surface area (Å²) in [5.41, 5.74) is 12.8. The average Bonchev–Trinajstić information content (AvgIpc) is 3.27. The molecular weight excluding hydrogens is 663 g/mol. The summed E-state index contributed by atoms with van der Waals surface area (Å²) in [7, 11) is 0. The van der Waals surface area contributed by atoms with E-state index in [2.05, 4.69) is 229 Å². The van der Waals surface area contributed by atoms with Gasteiger partial charge in [0, 0.05) is 16.8 Å². The van der Waals surface area contributed by atoms with Crippen LogP contribution in [0.1, 0.15) is 0 Å². The predicted molar refractivity (Wildman–Crippen MR) is 235 cm³/mol. The lowest BCUT2D eigenvalue weighted by atomic mass is 9.93. The molecule has 0 N–H and O–H groups in total. The fourth-order valence-electron chi connectivity index (χ4n) is 8.15. The van der Waals surface area contributed by atoms with Crippen LogP contribution in [0.25, 0.3) is 76.8 Å². The van der Waals surface area contributed by atoms with E-state index in [1.165, 1.54) is 71.3 Å². The van der Waals surface area contributed by atoms with E-state index in [4.69, 9.17) is 0 Å². The summed E-state index contributed by atoms with van der Waals surface area (Å²) in [6.07, 6.45) is 0. The van der Waals surface area contributed by atoms with Gasteiger partial charge in [-0.15, -0.1) is 0 Å². The molecule has 0 spiro atoms. The van der Waals surface area contributed by atoms with Crippen LogP contribution in [0, 0.1) is 0 Å². The lowest BCUT2D eigenvalue weighted by molar-refractivity contribution is 1.28. The molecule has 0 saturated heterocycles. The van der Waals surface area contributed by atoms with E-state index in [0.29, 0.717) is 0 Å². The second kappa shape index (κ2) is 14.0. The molecule has 0 fully saturated rings. The van der Waals surface area contributed by atoms with E-state index in [1.54, 1.807) is 0 Å². The normalized spacial score (nSPS) is 11.3. The van der Waals surface area contributed by atoms with Crippen LogP contribution in [0.3, 0.4) is 0 Å². The molecule has 0 bridgehead atoms. The first-order valence-corrected chi connectivity index (χ1v) is 18.9. The van der Waals surface area contributed by atoms with Gasteiger partial charge in [0.15, 0.2) is 0 Å². The number of fused-ring (bicyclic) bond motifs is 4. The van der Waals surface area contributed by atoms with E-state index >= 15 is 0 Å². The first-order valence-electron chi connectivity index (χ1n) is 18.9. The number of anilines is 3. The quantitative estimate of drug-likeness (QED) is 0.150. The second-order valence-corrected chi connectivity index (χ2v) is 14.1. The highest BCUT2D eigenvalue weighted by molar-refractivity contribution is 6.13. The minimum absolute atomic E-state index is 1.09. The first-order chi connectivity index (χ1) is 27.3. The predicted octanol–water partition coefficient (Wildman–Crippen LogP) is 15.3. The molecule has 0 heterocycles. The Morgan fingerprint density at radius 3 is 1.56 bits per heavy atom. The number of hydrogen-bond donors (Lipinski definition) is 0. The maximum absolute atomic E-state index is 2.46. The highest BCUT2D eigenvalue weighted by Gasteiger charge is 2.22. The number of rotatable bonds is 7. The summed E-state index contributed by atoms with van der Waals surface area (Å²) in [5, 5.41) is 7.52. The van der Waals surface area contributed by atoms with Crippen LogP contribution in [-0.2, 0) is 0 Å². The SMILES string of the molecule is c1ccc(-c2ccc(-c3ccccc3)c(N(c3ccc(-c4cc5ccccc5c5ccccc45)cc3)c3ccccc3-c3ccc4ccccc4c3)c2)cc1. The lowest BCUT2D eigenvalue weighted by Crippen LogP contribution is -2.12. The largest absolute Gasteiger partial charge is 0.309 e. The highest BCUT2D eigenvalue weighted by Crippen LogP contribution is 2.47. The van der Waals surface area contributed by atoms with Crippen molar-refractivity contribution >= 4 is 49.4 Å². The van der Waals surface area contributed by atoms with Gasteiger partial charge >= 0.3 is 0 Å². The smallest absolute Gasteiger partial charge is 0.0546 e. The van der Waals surface area contributed by atoms with Gasteiger partial charge in [-0.2, -0.15) is 0 Å². The van der Waals surface area contributed by atoms with Crippen molar-refractivity contribution in [3.8, 4) is 44.5 Å². The van der Waals surface area contributed by atoms with Crippen LogP contribution in [0.2, 0.25) is 0 Å². The summed E-state index contributed by atoms with van der Waals surface area (Å²) in [6.45, 7) is 0. The van der Waals surface area contributed by atoms with Gasteiger partial charge in [-0.3, -0.25) is 0 Å². The Labute approximate surface area is 322 Å². The van der Waals surface area contributed by atoms with E-state index in [1.807, 2.05) is 0 Å². The van der Waals surface area contributed by atoms with Crippen LogP contribution < -0.4 is 4.90 Å². The standard InChI is InChI=1S/C54H37N/c1-3-15-38(16-4-1)43-31-34-49(40-18-5-2-6-19-40)54(37-43)55(53-26-14-13-23-48(53)45-28-27-39-17-7-8-20-42(39)35-45)46-32-29-41(30-33-46)52-36-44-21-9-10-22-47(44)50-24-11-12-25-51(50)52/h1-37H. The summed E-state index contributed by atoms with van der Waals surface area (Å²) in [5.74, 6) is 0. The molecule has 10 aromatic carbocycles. The molecule has 10 rings (SSSR count). The molecule has 0 radical (unpaired) electrons. The monoisotopic (exact) mass is 699 g/mol. The fraction of sp³-hybridized carbons (Fsp3) is 0. The Hall–Kier alpha value is -7.22. The molecule has 10 aromatic rings. The molecule has 55 heavy (non-hydrogen) atoms. The van der Waals surface area contributed by atoms with Crippen molar-refractivity contribution in [3.05, 3.63) is 224 Å². The van der Waals surface area contributed by atoms with Crippen LogP contribution >= 0.6 is 0 Å². The van der Waals surface area contributed by atoms with Gasteiger partial charge in [0.2, 0.25) is 0 Å². The molecule has 1 heteroatoms. The molecule has 0 aliphatic heterocycles. The first kappa shape index (κ1) is 32.4. The van der Waals surface area contributed by atoms with E-state index in [9.17, 15) is 0 Å². The second-order valence-electron chi connectivity index (χ2n) is 14.1. The van der Waals surface area contributed by atoms with Crippen molar-refractivity contribution in [3.63, 3.8) is 0 Å². The van der Waals surface area contributed by atoms with Crippen molar-refractivity contribution in [1.82, 2.24) is 0 Å². The van der Waals surface area contributed by atoms with Crippen LogP contribution in [0.15, 0.2) is 224 Å². The zero-order valence-electron chi connectivity index (χ0n) is 30.3. The van der Waals surface area contributed by atoms with E-state index < -0.39 is 0 Å². The highest BCUT2D eigenvalue weighted by atomic mass is 15.1. The maximum Gasteiger partial charge on any atom is 0.0546 e. The third-order valence-corrected chi connectivity index (χ3v) is 10.8. The molecule has 0 unspecified atom stereocenters. The van der Waals surface area contributed by atoms with Crippen molar-refractivity contribution < 1.29 is 0 Å². The third kappa shape index (κ3) is 6.02. The van der Waals surface area contributed by atoms with Gasteiger partial charge < -0.3 is 4.90 Å². The van der Waals surface area contributed by atoms with E-state index in [-0.39, 0.29) is 0 Å². The van der Waals surface area contributed by atoms with Crippen molar-refractivity contribution in [2.24, 2.45) is 0 Å². The summed E-state index contributed by atoms with van der Waals surface area (Å²) in [6, 6.07) is 81.6. The molecule has 0 aliphatic carbocycles. The molecule has 0 aromatic heterocycles. The van der Waals surface area contributed by atoms with Crippen molar-refractivity contribution in [1.29, 1.82) is 0 Å². The minimum Gasteiger partial charge on any atom is -0.309 e. The Kier molecular flexibility index (Phi) is 8.24. The topological polar surface area (TPSA) is 3.24 Å². The Balaban J connectivity index is 1.21. The molecule has 0 amide bonds. The van der Waals surface area contributed by atoms with Crippen LogP contribution in [0.5, 0.6) is 0 Å². The molecule has 258 valence electrons. The number of benzene rings is 10. The fourth-order valence-corrected chi connectivity index (χ4v) is 8.15. The van der Waals surface area contributed by atoms with Crippen molar-refractivity contribution in [2.45, 2.75) is 0 Å². The average molecular weight is 700 g/mol. The van der Waals surface area contributed by atoms with Crippen LogP contribution in [-0.4, -0.2) is 0 Å². The third-order valence-electron chi connectivity index (χ3n) is 10.8. The van der Waals surface area contributed by atoms with Gasteiger partial charge in [0.05, 0.1) is 11.4 Å². The minimum atomic E-state index is 1.09. The molecule has 0 saturated carbocycles. The summed E-state index contributed by atoms with van der Waals surface area (Å²) < 4.78 is 0. The lowest BCUT2D eigenvalue weighted by Gasteiger charge is -2.30. The number of hydrogen-bond acceptors (Lipinski definition) is 1. The summed E-state index contributed by atoms with van der Waals surface area (Å²) >= 11 is 0. The maximum atomic E-state index is 2.46. The molecule has 0 aliphatic rings. The number of nitrogens with zero attached hydrogens (tertiary/aromatic N) is 1. The van der Waals surface area contributed by atoms with Gasteiger partial charge in [-0.25, -0.2) is 0 Å². The Bertz CT molecular complexity index is 2960. The molecule has 1 nitrogen and oxygen atoms in total.